The minimum absolute atomic E-state index is 0.735. The van der Waals surface area contributed by atoms with Crippen LogP contribution in [0.3, 0.4) is 0 Å². The molecule has 11 heavy (non-hydrogen) atoms. The zero-order valence-corrected chi connectivity index (χ0v) is 9.44. The van der Waals surface area contributed by atoms with Crippen LogP contribution in [0.2, 0.25) is 0 Å². The third-order valence-electron chi connectivity index (χ3n) is 4.95. The lowest BCUT2D eigenvalue weighted by molar-refractivity contribution is 0.157. The summed E-state index contributed by atoms with van der Waals surface area (Å²) >= 11 is 2.76. The maximum absolute atomic E-state index is 2.76. The number of hydrogen-bond donors (Lipinski definition) is 0. The second-order valence-electron chi connectivity index (χ2n) is 5.61. The molecular weight excluding hydrogens is 247 g/mol. The molecule has 0 spiro atoms. The zero-order valence-electron chi connectivity index (χ0n) is 7.28. The van der Waals surface area contributed by atoms with Crippen molar-refractivity contribution in [2.24, 2.45) is 16.7 Å². The molecule has 4 aliphatic carbocycles. The molecule has 0 amide bonds. The molecule has 4 fully saturated rings. The summed E-state index contributed by atoms with van der Waals surface area (Å²) in [5.74, 6) is 1.08. The molecule has 0 N–H and O–H groups in total. The molecule has 0 nitrogen and oxygen atoms in total. The SMILES string of the molecule is CC12CC3CC1(C)CC3(I)C2. The minimum atomic E-state index is 0.735. The van der Waals surface area contributed by atoms with Gasteiger partial charge in [-0.2, -0.15) is 0 Å². The highest BCUT2D eigenvalue weighted by Crippen LogP contribution is 2.80. The van der Waals surface area contributed by atoms with E-state index < -0.39 is 0 Å². The molecule has 4 saturated carbocycles. The average molecular weight is 262 g/mol. The van der Waals surface area contributed by atoms with Gasteiger partial charge in [-0.3, -0.25) is 0 Å². The lowest BCUT2D eigenvalue weighted by atomic mass is 9.71. The molecule has 0 radical (unpaired) electrons. The Balaban J connectivity index is 2.19. The molecule has 0 aromatic rings. The van der Waals surface area contributed by atoms with Crippen LogP contribution in [0.1, 0.15) is 39.5 Å². The van der Waals surface area contributed by atoms with E-state index >= 15 is 0 Å². The van der Waals surface area contributed by atoms with Crippen molar-refractivity contribution in [3.63, 3.8) is 0 Å². The molecular formula is C10H15I. The maximum atomic E-state index is 2.76. The highest BCUT2D eigenvalue weighted by atomic mass is 127. The van der Waals surface area contributed by atoms with E-state index in [1.54, 1.807) is 0 Å². The first-order chi connectivity index (χ1) is 4.98. The highest BCUT2D eigenvalue weighted by molar-refractivity contribution is 14.1. The van der Waals surface area contributed by atoms with Crippen LogP contribution in [-0.2, 0) is 0 Å². The largest absolute Gasteiger partial charge is 0.0785 e. The van der Waals surface area contributed by atoms with Gasteiger partial charge < -0.3 is 0 Å². The molecule has 4 rings (SSSR count). The van der Waals surface area contributed by atoms with Gasteiger partial charge in [-0.05, 0) is 42.4 Å². The summed E-state index contributed by atoms with van der Waals surface area (Å²) in [7, 11) is 0. The van der Waals surface area contributed by atoms with Crippen LogP contribution in [0, 0.1) is 16.7 Å². The van der Waals surface area contributed by atoms with Crippen molar-refractivity contribution in [1.82, 2.24) is 0 Å². The van der Waals surface area contributed by atoms with Crippen LogP contribution in [0.25, 0.3) is 0 Å². The predicted molar refractivity (Wildman–Crippen MR) is 54.9 cm³/mol. The summed E-state index contributed by atoms with van der Waals surface area (Å²) in [6.45, 7) is 5.06. The van der Waals surface area contributed by atoms with Crippen LogP contribution in [0.15, 0.2) is 0 Å². The Morgan fingerprint density at radius 2 is 1.55 bits per heavy atom. The minimum Gasteiger partial charge on any atom is -0.0785 e. The number of halogens is 1. The van der Waals surface area contributed by atoms with Gasteiger partial charge >= 0.3 is 0 Å². The Bertz CT molecular complexity index is 215. The summed E-state index contributed by atoms with van der Waals surface area (Å²) in [6, 6.07) is 0. The molecule has 2 atom stereocenters. The van der Waals surface area contributed by atoms with Crippen molar-refractivity contribution < 1.29 is 0 Å². The Morgan fingerprint density at radius 1 is 1.09 bits per heavy atom. The van der Waals surface area contributed by atoms with E-state index in [9.17, 15) is 0 Å². The van der Waals surface area contributed by atoms with Crippen molar-refractivity contribution in [3.05, 3.63) is 0 Å². The van der Waals surface area contributed by atoms with Gasteiger partial charge in [0.15, 0.2) is 0 Å². The third-order valence-corrected chi connectivity index (χ3v) is 6.59. The monoisotopic (exact) mass is 262 g/mol. The van der Waals surface area contributed by atoms with Crippen molar-refractivity contribution >= 4 is 22.6 Å². The predicted octanol–water partition coefficient (Wildman–Crippen LogP) is 3.39. The summed E-state index contributed by atoms with van der Waals surface area (Å²) < 4.78 is 0.737. The maximum Gasteiger partial charge on any atom is 0.0261 e. The van der Waals surface area contributed by atoms with Gasteiger partial charge in [-0.1, -0.05) is 36.4 Å². The van der Waals surface area contributed by atoms with Crippen LogP contribution < -0.4 is 0 Å². The standard InChI is InChI=1S/C10H15I/c1-8-3-7-4-9(8,2)6-10(7,11)5-8/h7H,3-6H2,1-2H3. The van der Waals surface area contributed by atoms with Gasteiger partial charge in [0.2, 0.25) is 0 Å². The van der Waals surface area contributed by atoms with E-state index in [2.05, 4.69) is 36.4 Å². The fraction of sp³-hybridized carbons (Fsp3) is 1.00. The first-order valence-electron chi connectivity index (χ1n) is 4.67. The Hall–Kier alpha value is 0.730. The van der Waals surface area contributed by atoms with Crippen LogP contribution in [-0.4, -0.2) is 3.42 Å². The van der Waals surface area contributed by atoms with Crippen molar-refractivity contribution in [3.8, 4) is 0 Å². The molecule has 0 aliphatic heterocycles. The first kappa shape index (κ1) is 7.16. The molecule has 2 unspecified atom stereocenters. The quantitative estimate of drug-likeness (QED) is 0.463. The van der Waals surface area contributed by atoms with Gasteiger partial charge in [0.1, 0.15) is 0 Å². The number of hydrogen-bond acceptors (Lipinski definition) is 0. The molecule has 0 aromatic carbocycles. The fourth-order valence-corrected chi connectivity index (χ4v) is 6.36. The fourth-order valence-electron chi connectivity index (χ4n) is 4.24. The first-order valence-corrected chi connectivity index (χ1v) is 5.74. The third kappa shape index (κ3) is 0.574. The lowest BCUT2D eigenvalue weighted by Gasteiger charge is -2.33. The normalized spacial score (nSPS) is 71.7. The molecule has 4 aliphatic rings. The van der Waals surface area contributed by atoms with Crippen molar-refractivity contribution in [2.75, 3.05) is 0 Å². The number of rotatable bonds is 0. The molecule has 62 valence electrons. The van der Waals surface area contributed by atoms with E-state index in [4.69, 9.17) is 0 Å². The Labute approximate surface area is 82.3 Å². The summed E-state index contributed by atoms with van der Waals surface area (Å²) in [5.41, 5.74) is 1.47. The molecule has 0 heterocycles. The second-order valence-corrected chi connectivity index (χ2v) is 7.76. The van der Waals surface area contributed by atoms with Gasteiger partial charge in [0.05, 0.1) is 0 Å². The summed E-state index contributed by atoms with van der Waals surface area (Å²) in [6.07, 6.45) is 6.10. The van der Waals surface area contributed by atoms with Crippen LogP contribution >= 0.6 is 22.6 Å². The average Bonchev–Trinajstić information content (AvgIpc) is 2.24. The lowest BCUT2D eigenvalue weighted by Crippen LogP contribution is -2.25. The van der Waals surface area contributed by atoms with Gasteiger partial charge in [0, 0.05) is 3.42 Å². The summed E-state index contributed by atoms with van der Waals surface area (Å²) in [4.78, 5) is 0. The van der Waals surface area contributed by atoms with Crippen molar-refractivity contribution in [2.45, 2.75) is 43.0 Å². The number of alkyl halides is 1. The van der Waals surface area contributed by atoms with E-state index in [1.165, 1.54) is 25.7 Å². The van der Waals surface area contributed by atoms with Gasteiger partial charge in [0.25, 0.3) is 0 Å². The smallest absolute Gasteiger partial charge is 0.0261 e. The summed E-state index contributed by atoms with van der Waals surface area (Å²) in [5, 5.41) is 0. The van der Waals surface area contributed by atoms with E-state index in [0.29, 0.717) is 0 Å². The topological polar surface area (TPSA) is 0 Å². The van der Waals surface area contributed by atoms with E-state index in [1.807, 2.05) is 0 Å². The Kier molecular flexibility index (Phi) is 0.999. The van der Waals surface area contributed by atoms with E-state index in [-0.39, 0.29) is 0 Å². The highest BCUT2D eigenvalue weighted by Gasteiger charge is 2.72. The van der Waals surface area contributed by atoms with Crippen LogP contribution in [0.4, 0.5) is 0 Å². The van der Waals surface area contributed by atoms with Gasteiger partial charge in [-0.25, -0.2) is 0 Å². The molecule has 0 saturated heterocycles. The molecule has 0 aromatic heterocycles. The molecule has 1 heteroatoms. The van der Waals surface area contributed by atoms with E-state index in [0.717, 1.165) is 20.2 Å². The zero-order chi connectivity index (χ0) is 7.91. The van der Waals surface area contributed by atoms with Gasteiger partial charge in [-0.15, -0.1) is 0 Å². The molecule has 4 bridgehead atoms. The second kappa shape index (κ2) is 1.53. The van der Waals surface area contributed by atoms with Crippen molar-refractivity contribution in [1.29, 1.82) is 0 Å². The van der Waals surface area contributed by atoms with Crippen LogP contribution in [0.5, 0.6) is 0 Å². The Morgan fingerprint density at radius 3 is 1.64 bits per heavy atom.